The highest BCUT2D eigenvalue weighted by Gasteiger charge is 1.97. The minimum absolute atomic E-state index is 1.17. The third-order valence-corrected chi connectivity index (χ3v) is 4.87. The summed E-state index contributed by atoms with van der Waals surface area (Å²) in [7, 11) is 0. The predicted octanol–water partition coefficient (Wildman–Crippen LogP) is 6.56. The molecular weight excluding hydrogens is 280 g/mol. The van der Waals surface area contributed by atoms with Crippen LogP contribution in [0.5, 0.6) is 0 Å². The lowest BCUT2D eigenvalue weighted by molar-refractivity contribution is -0.696. The fourth-order valence-corrected chi connectivity index (χ4v) is 3.30. The lowest BCUT2D eigenvalue weighted by atomic mass is 10.0. The highest BCUT2D eigenvalue weighted by atomic mass is 15.0. The van der Waals surface area contributed by atoms with Crippen LogP contribution in [0, 0.1) is 0 Å². The van der Waals surface area contributed by atoms with Gasteiger partial charge in [-0.25, -0.2) is 4.57 Å². The zero-order valence-electron chi connectivity index (χ0n) is 15.7. The maximum absolute atomic E-state index is 3.10. The third kappa shape index (κ3) is 13.4. The molecule has 0 atom stereocenters. The van der Waals surface area contributed by atoms with Crippen molar-refractivity contribution in [3.63, 3.8) is 0 Å². The predicted molar refractivity (Wildman–Crippen MR) is 101 cm³/mol. The van der Waals surface area contributed by atoms with Crippen molar-refractivity contribution >= 4 is 0 Å². The van der Waals surface area contributed by atoms with Gasteiger partial charge in [-0.15, -0.1) is 0 Å². The minimum Gasteiger partial charge on any atom is -0.250 e. The summed E-state index contributed by atoms with van der Waals surface area (Å²) in [5.41, 5.74) is 0. The molecule has 0 bridgehead atoms. The van der Waals surface area contributed by atoms with Gasteiger partial charge in [-0.3, -0.25) is 4.98 Å². The molecule has 2 nitrogen and oxygen atoms in total. The number of rotatable bonds is 17. The zero-order valence-corrected chi connectivity index (χ0v) is 15.7. The highest BCUT2D eigenvalue weighted by molar-refractivity contribution is 4.55. The molecule has 0 spiro atoms. The molecule has 0 saturated heterocycles. The number of hydrogen-bond acceptors (Lipinski definition) is 0. The number of hydrogen-bond donors (Lipinski definition) is 1. The van der Waals surface area contributed by atoms with Crippen LogP contribution in [0.2, 0.25) is 0 Å². The van der Waals surface area contributed by atoms with Gasteiger partial charge in [0.25, 0.3) is 0 Å². The lowest BCUT2D eigenvalue weighted by Gasteiger charge is -2.03. The fraction of sp³-hybridized carbons (Fsp3) is 0.857. The summed E-state index contributed by atoms with van der Waals surface area (Å²) < 4.78 is 2.24. The van der Waals surface area contributed by atoms with Crippen molar-refractivity contribution in [2.45, 2.75) is 116 Å². The molecule has 0 aliphatic heterocycles. The van der Waals surface area contributed by atoms with E-state index < -0.39 is 0 Å². The van der Waals surface area contributed by atoms with Gasteiger partial charge in [0, 0.05) is 0 Å². The molecule has 134 valence electrons. The third-order valence-electron chi connectivity index (χ3n) is 4.87. The molecule has 1 rings (SSSR count). The molecule has 0 amide bonds. The zero-order chi connectivity index (χ0) is 16.4. The van der Waals surface area contributed by atoms with Crippen molar-refractivity contribution in [1.29, 1.82) is 0 Å². The summed E-state index contributed by atoms with van der Waals surface area (Å²) in [6, 6.07) is 0. The van der Waals surface area contributed by atoms with Crippen LogP contribution in [-0.4, -0.2) is 4.98 Å². The van der Waals surface area contributed by atoms with E-state index in [1.165, 1.54) is 109 Å². The van der Waals surface area contributed by atoms with Gasteiger partial charge >= 0.3 is 0 Å². The molecule has 0 aliphatic rings. The fourth-order valence-electron chi connectivity index (χ4n) is 3.30. The smallest absolute Gasteiger partial charge is 0.241 e. The molecule has 1 aromatic heterocycles. The molecular formula is C21H41N2+. The number of aromatic amines is 1. The van der Waals surface area contributed by atoms with E-state index >= 15 is 0 Å². The Labute approximate surface area is 145 Å². The van der Waals surface area contributed by atoms with Crippen molar-refractivity contribution in [3.8, 4) is 0 Å². The SMILES string of the molecule is CCCCCCCCCCCCCCCCCC[n+]1cc[nH]c1. The summed E-state index contributed by atoms with van der Waals surface area (Å²) in [4.78, 5) is 3.10. The first-order valence-corrected chi connectivity index (χ1v) is 10.5. The van der Waals surface area contributed by atoms with E-state index in [1.807, 2.05) is 12.5 Å². The normalized spacial score (nSPS) is 11.2. The van der Waals surface area contributed by atoms with Crippen molar-refractivity contribution in [2.75, 3.05) is 0 Å². The Morgan fingerprint density at radius 1 is 0.609 bits per heavy atom. The molecule has 0 unspecified atom stereocenters. The molecule has 1 N–H and O–H groups in total. The van der Waals surface area contributed by atoms with Gasteiger partial charge in [-0.05, 0) is 12.8 Å². The maximum Gasteiger partial charge on any atom is 0.241 e. The Kier molecular flexibility index (Phi) is 14.2. The van der Waals surface area contributed by atoms with Crippen molar-refractivity contribution < 1.29 is 4.57 Å². The maximum atomic E-state index is 3.10. The van der Waals surface area contributed by atoms with Crippen molar-refractivity contribution in [3.05, 3.63) is 18.7 Å². The Morgan fingerprint density at radius 3 is 1.43 bits per heavy atom. The van der Waals surface area contributed by atoms with Crippen LogP contribution < -0.4 is 4.57 Å². The average molecular weight is 322 g/mol. The van der Waals surface area contributed by atoms with E-state index in [0.29, 0.717) is 0 Å². The summed E-state index contributed by atoms with van der Waals surface area (Å²) in [5, 5.41) is 0. The summed E-state index contributed by atoms with van der Waals surface area (Å²) in [5.74, 6) is 0. The molecule has 23 heavy (non-hydrogen) atoms. The van der Waals surface area contributed by atoms with Crippen LogP contribution in [0.1, 0.15) is 110 Å². The van der Waals surface area contributed by atoms with Gasteiger partial charge < -0.3 is 0 Å². The minimum atomic E-state index is 1.17. The van der Waals surface area contributed by atoms with Crippen LogP contribution >= 0.6 is 0 Å². The second kappa shape index (κ2) is 16.1. The first kappa shape index (κ1) is 20.3. The molecule has 0 aliphatic carbocycles. The van der Waals surface area contributed by atoms with Gasteiger partial charge in [0.2, 0.25) is 6.33 Å². The summed E-state index contributed by atoms with van der Waals surface area (Å²) in [6.45, 7) is 3.46. The lowest BCUT2D eigenvalue weighted by Crippen LogP contribution is -2.30. The first-order chi connectivity index (χ1) is 11.4. The van der Waals surface area contributed by atoms with Gasteiger partial charge in [0.15, 0.2) is 0 Å². The first-order valence-electron chi connectivity index (χ1n) is 10.5. The van der Waals surface area contributed by atoms with Gasteiger partial charge in [0.1, 0.15) is 12.4 Å². The molecule has 0 aromatic carbocycles. The van der Waals surface area contributed by atoms with E-state index in [1.54, 1.807) is 0 Å². The molecule has 0 saturated carbocycles. The van der Waals surface area contributed by atoms with Gasteiger partial charge in [-0.1, -0.05) is 96.8 Å². The average Bonchev–Trinajstić information content (AvgIpc) is 3.08. The quantitative estimate of drug-likeness (QED) is 0.247. The van der Waals surface area contributed by atoms with Crippen molar-refractivity contribution in [1.82, 2.24) is 4.98 Å². The molecule has 2 heteroatoms. The topological polar surface area (TPSA) is 19.7 Å². The van der Waals surface area contributed by atoms with E-state index in [-0.39, 0.29) is 0 Å². The van der Waals surface area contributed by atoms with Gasteiger partial charge in [-0.2, -0.15) is 0 Å². The van der Waals surface area contributed by atoms with Crippen LogP contribution in [-0.2, 0) is 6.54 Å². The summed E-state index contributed by atoms with van der Waals surface area (Å²) >= 11 is 0. The Balaban J connectivity index is 1.67. The van der Waals surface area contributed by atoms with Crippen LogP contribution in [0.4, 0.5) is 0 Å². The number of nitrogens with one attached hydrogen (secondary N) is 1. The molecule has 1 aromatic rings. The number of unbranched alkanes of at least 4 members (excludes halogenated alkanes) is 15. The highest BCUT2D eigenvalue weighted by Crippen LogP contribution is 2.13. The van der Waals surface area contributed by atoms with Crippen LogP contribution in [0.25, 0.3) is 0 Å². The van der Waals surface area contributed by atoms with Crippen molar-refractivity contribution in [2.24, 2.45) is 0 Å². The van der Waals surface area contributed by atoms with E-state index in [0.717, 1.165) is 0 Å². The number of imidazole rings is 1. The molecule has 0 fully saturated rings. The van der Waals surface area contributed by atoms with E-state index in [4.69, 9.17) is 0 Å². The number of aryl methyl sites for hydroxylation is 1. The molecule has 1 heterocycles. The Morgan fingerprint density at radius 2 is 1.04 bits per heavy atom. The number of nitrogens with zero attached hydrogens (tertiary/aromatic N) is 1. The second-order valence-electron chi connectivity index (χ2n) is 7.15. The van der Waals surface area contributed by atoms with E-state index in [2.05, 4.69) is 22.7 Å². The number of aromatic nitrogens is 2. The van der Waals surface area contributed by atoms with Crippen LogP contribution in [0.3, 0.4) is 0 Å². The Bertz CT molecular complexity index is 319. The second-order valence-corrected chi connectivity index (χ2v) is 7.15. The monoisotopic (exact) mass is 321 g/mol. The standard InChI is InChI=1S/C21H40N2/c1-2-3-4-5-6-7-8-9-10-11-12-13-14-15-16-17-19-23-20-18-22-21-23/h18,20-21H,2-17,19H2,1H3/p+1. The largest absolute Gasteiger partial charge is 0.250 e. The van der Waals surface area contributed by atoms with E-state index in [9.17, 15) is 0 Å². The number of H-pyrrole nitrogens is 1. The Hall–Kier alpha value is -0.790. The summed E-state index contributed by atoms with van der Waals surface area (Å²) in [6.07, 6.45) is 29.2. The molecule has 0 radical (unpaired) electrons. The van der Waals surface area contributed by atoms with Gasteiger partial charge in [0.05, 0.1) is 6.54 Å². The van der Waals surface area contributed by atoms with Crippen LogP contribution in [0.15, 0.2) is 18.7 Å².